The zero-order valence-electron chi connectivity index (χ0n) is 10.3. The van der Waals surface area contributed by atoms with Crippen LogP contribution in [0.2, 0.25) is 5.02 Å². The molecule has 1 fully saturated rings. The van der Waals surface area contributed by atoms with Gasteiger partial charge >= 0.3 is 0 Å². The molecule has 4 heteroatoms. The Balaban J connectivity index is 2.16. The molecule has 1 aliphatic rings. The smallest absolute Gasteiger partial charge is 0.129 e. The lowest BCUT2D eigenvalue weighted by atomic mass is 10.3. The fourth-order valence-electron chi connectivity index (χ4n) is 1.97. The molecule has 0 aromatic carbocycles. The second-order valence-electron chi connectivity index (χ2n) is 4.58. The van der Waals surface area contributed by atoms with Crippen molar-refractivity contribution in [2.75, 3.05) is 11.4 Å². The van der Waals surface area contributed by atoms with Crippen LogP contribution in [0.5, 0.6) is 0 Å². The van der Waals surface area contributed by atoms with E-state index >= 15 is 0 Å². The number of hydrogen-bond donors (Lipinski definition) is 1. The minimum atomic E-state index is 0.402. The molecular formula is C13H20ClN3. The second kappa shape index (κ2) is 5.69. The number of unbranched alkanes of at least 4 members (excludes halogenated alkanes) is 1. The molecule has 1 saturated carbocycles. The maximum Gasteiger partial charge on any atom is 0.129 e. The van der Waals surface area contributed by atoms with Crippen molar-refractivity contribution in [1.82, 2.24) is 4.98 Å². The first kappa shape index (κ1) is 12.7. The number of nitrogens with two attached hydrogens (primary N) is 1. The molecule has 0 atom stereocenters. The van der Waals surface area contributed by atoms with Crippen LogP contribution in [0.1, 0.15) is 38.3 Å². The Morgan fingerprint density at radius 2 is 2.24 bits per heavy atom. The number of pyridine rings is 1. The number of hydrogen-bond acceptors (Lipinski definition) is 3. The van der Waals surface area contributed by atoms with Crippen LogP contribution in [0.3, 0.4) is 0 Å². The highest BCUT2D eigenvalue weighted by Crippen LogP contribution is 2.31. The topological polar surface area (TPSA) is 42.1 Å². The van der Waals surface area contributed by atoms with E-state index in [-0.39, 0.29) is 0 Å². The molecule has 0 aliphatic heterocycles. The summed E-state index contributed by atoms with van der Waals surface area (Å²) in [6.45, 7) is 3.70. The van der Waals surface area contributed by atoms with Gasteiger partial charge in [-0.2, -0.15) is 0 Å². The number of anilines is 1. The van der Waals surface area contributed by atoms with Crippen LogP contribution in [0.25, 0.3) is 0 Å². The van der Waals surface area contributed by atoms with Crippen LogP contribution in [0.15, 0.2) is 12.1 Å². The number of nitrogens with zero attached hydrogens (tertiary/aromatic N) is 2. The molecule has 3 nitrogen and oxygen atoms in total. The van der Waals surface area contributed by atoms with Crippen LogP contribution >= 0.6 is 11.6 Å². The quantitative estimate of drug-likeness (QED) is 0.848. The Morgan fingerprint density at radius 3 is 2.82 bits per heavy atom. The lowest BCUT2D eigenvalue weighted by Gasteiger charge is -2.24. The highest BCUT2D eigenvalue weighted by molar-refractivity contribution is 6.31. The first-order chi connectivity index (χ1) is 8.26. The Labute approximate surface area is 108 Å². The first-order valence-corrected chi connectivity index (χ1v) is 6.76. The van der Waals surface area contributed by atoms with Crippen LogP contribution in [0, 0.1) is 0 Å². The van der Waals surface area contributed by atoms with Crippen molar-refractivity contribution in [2.24, 2.45) is 5.73 Å². The van der Waals surface area contributed by atoms with Crippen LogP contribution < -0.4 is 10.6 Å². The summed E-state index contributed by atoms with van der Waals surface area (Å²) in [7, 11) is 0. The zero-order chi connectivity index (χ0) is 12.3. The third-order valence-electron chi connectivity index (χ3n) is 3.13. The predicted molar refractivity (Wildman–Crippen MR) is 72.4 cm³/mol. The maximum atomic E-state index is 6.04. The van der Waals surface area contributed by atoms with E-state index < -0.39 is 0 Å². The number of halogens is 1. The van der Waals surface area contributed by atoms with Gasteiger partial charge in [-0.15, -0.1) is 0 Å². The van der Waals surface area contributed by atoms with Crippen LogP contribution in [-0.4, -0.2) is 17.6 Å². The Morgan fingerprint density at radius 1 is 1.47 bits per heavy atom. The molecule has 0 bridgehead atoms. The van der Waals surface area contributed by atoms with Gasteiger partial charge in [-0.25, -0.2) is 4.98 Å². The van der Waals surface area contributed by atoms with Crippen LogP contribution in [0.4, 0.5) is 5.82 Å². The van der Waals surface area contributed by atoms with Gasteiger partial charge in [0.15, 0.2) is 0 Å². The van der Waals surface area contributed by atoms with Gasteiger partial charge in [0.1, 0.15) is 5.82 Å². The summed E-state index contributed by atoms with van der Waals surface area (Å²) in [4.78, 5) is 6.98. The fraction of sp³-hybridized carbons (Fsp3) is 0.615. The average molecular weight is 254 g/mol. The molecule has 0 amide bonds. The fourth-order valence-corrected chi connectivity index (χ4v) is 2.16. The summed E-state index contributed by atoms with van der Waals surface area (Å²) in [6, 6.07) is 4.60. The van der Waals surface area contributed by atoms with Gasteiger partial charge in [0.25, 0.3) is 0 Å². The van der Waals surface area contributed by atoms with E-state index in [4.69, 9.17) is 17.3 Å². The van der Waals surface area contributed by atoms with Crippen molar-refractivity contribution in [2.45, 2.75) is 45.2 Å². The zero-order valence-corrected chi connectivity index (χ0v) is 11.1. The van der Waals surface area contributed by atoms with Gasteiger partial charge in [-0.1, -0.05) is 24.9 Å². The summed E-state index contributed by atoms with van der Waals surface area (Å²) in [5.74, 6) is 1.03. The summed E-state index contributed by atoms with van der Waals surface area (Å²) in [6.07, 6.45) is 4.98. The van der Waals surface area contributed by atoms with Crippen molar-refractivity contribution in [3.05, 3.63) is 22.8 Å². The Bertz CT molecular complexity index is 377. The molecule has 1 aromatic heterocycles. The summed E-state index contributed by atoms with van der Waals surface area (Å²) in [5.41, 5.74) is 6.44. The van der Waals surface area contributed by atoms with Gasteiger partial charge in [0.2, 0.25) is 0 Å². The van der Waals surface area contributed by atoms with E-state index in [0.717, 1.165) is 18.1 Å². The third kappa shape index (κ3) is 3.11. The Kier molecular flexibility index (Phi) is 4.24. The monoisotopic (exact) mass is 253 g/mol. The first-order valence-electron chi connectivity index (χ1n) is 6.38. The molecule has 1 heterocycles. The molecule has 2 N–H and O–H groups in total. The number of rotatable bonds is 6. The average Bonchev–Trinajstić information content (AvgIpc) is 3.16. The SMILES string of the molecule is CCCCN(c1ccc(Cl)c(CN)n1)C1CC1. The lowest BCUT2D eigenvalue weighted by molar-refractivity contribution is 0.702. The van der Waals surface area contributed by atoms with E-state index in [1.54, 1.807) is 0 Å². The highest BCUT2D eigenvalue weighted by Gasteiger charge is 2.29. The van der Waals surface area contributed by atoms with E-state index in [1.807, 2.05) is 12.1 Å². The molecule has 1 aromatic rings. The number of aromatic nitrogens is 1. The van der Waals surface area contributed by atoms with Crippen molar-refractivity contribution < 1.29 is 0 Å². The maximum absolute atomic E-state index is 6.04. The molecule has 2 rings (SSSR count). The van der Waals surface area contributed by atoms with E-state index in [9.17, 15) is 0 Å². The Hall–Kier alpha value is -0.800. The van der Waals surface area contributed by atoms with E-state index in [1.165, 1.54) is 25.7 Å². The van der Waals surface area contributed by atoms with Crippen molar-refractivity contribution in [1.29, 1.82) is 0 Å². The minimum absolute atomic E-state index is 0.402. The van der Waals surface area contributed by atoms with Gasteiger partial charge in [-0.05, 0) is 31.4 Å². The van der Waals surface area contributed by atoms with Crippen LogP contribution in [-0.2, 0) is 6.54 Å². The van der Waals surface area contributed by atoms with Gasteiger partial charge < -0.3 is 10.6 Å². The van der Waals surface area contributed by atoms with Crippen molar-refractivity contribution in [3.63, 3.8) is 0 Å². The second-order valence-corrected chi connectivity index (χ2v) is 4.99. The van der Waals surface area contributed by atoms with E-state index in [0.29, 0.717) is 17.6 Å². The van der Waals surface area contributed by atoms with Gasteiger partial charge in [0.05, 0.1) is 10.7 Å². The molecule has 0 radical (unpaired) electrons. The van der Waals surface area contributed by atoms with Gasteiger partial charge in [0, 0.05) is 19.1 Å². The molecule has 94 valence electrons. The summed E-state index contributed by atoms with van der Waals surface area (Å²) >= 11 is 6.04. The normalized spacial score (nSPS) is 15.0. The largest absolute Gasteiger partial charge is 0.354 e. The predicted octanol–water partition coefficient (Wildman–Crippen LogP) is 2.96. The summed E-state index contributed by atoms with van der Waals surface area (Å²) in [5, 5.41) is 0.669. The summed E-state index contributed by atoms with van der Waals surface area (Å²) < 4.78 is 0. The van der Waals surface area contributed by atoms with E-state index in [2.05, 4.69) is 16.8 Å². The molecule has 0 saturated heterocycles. The highest BCUT2D eigenvalue weighted by atomic mass is 35.5. The molecular weight excluding hydrogens is 234 g/mol. The molecule has 17 heavy (non-hydrogen) atoms. The molecule has 0 spiro atoms. The standard InChI is InChI=1S/C13H20ClN3/c1-2-3-8-17(10-4-5-10)13-7-6-11(14)12(9-15)16-13/h6-7,10H,2-5,8-9,15H2,1H3. The third-order valence-corrected chi connectivity index (χ3v) is 3.48. The van der Waals surface area contributed by atoms with Gasteiger partial charge in [-0.3, -0.25) is 0 Å². The minimum Gasteiger partial charge on any atom is -0.354 e. The van der Waals surface area contributed by atoms with Crippen molar-refractivity contribution >= 4 is 17.4 Å². The molecule has 0 unspecified atom stereocenters. The van der Waals surface area contributed by atoms with Crippen molar-refractivity contribution in [3.8, 4) is 0 Å². The lowest BCUT2D eigenvalue weighted by Crippen LogP contribution is -2.28. The molecule has 1 aliphatic carbocycles.